The minimum absolute atomic E-state index is 0.710. The fourth-order valence-corrected chi connectivity index (χ4v) is 16.9. The summed E-state index contributed by atoms with van der Waals surface area (Å²) in [6, 6.07) is 116. The third-order valence-corrected chi connectivity index (χ3v) is 21.2. The van der Waals surface area contributed by atoms with Crippen LogP contribution in [0, 0.1) is 0 Å². The van der Waals surface area contributed by atoms with Gasteiger partial charge in [0.1, 0.15) is 0 Å². The van der Waals surface area contributed by atoms with Crippen molar-refractivity contribution < 1.29 is 0 Å². The van der Waals surface area contributed by atoms with Crippen molar-refractivity contribution in [2.75, 3.05) is 0 Å². The van der Waals surface area contributed by atoms with Gasteiger partial charge >= 0.3 is 0 Å². The molecule has 0 radical (unpaired) electrons. The number of hydrogen-bond donors (Lipinski definition) is 0. The van der Waals surface area contributed by atoms with Gasteiger partial charge in [0, 0.05) is 107 Å². The Balaban J connectivity index is 0.000000135. The smallest absolute Gasteiger partial charge is 0.160 e. The molecule has 0 N–H and O–H groups in total. The van der Waals surface area contributed by atoms with Gasteiger partial charge in [0.2, 0.25) is 0 Å². The quantitative estimate of drug-likeness (QED) is 0.152. The summed E-state index contributed by atoms with van der Waals surface area (Å²) in [6.45, 7) is 0. The van der Waals surface area contributed by atoms with Gasteiger partial charge in [-0.3, -0.25) is 0 Å². The zero-order valence-electron chi connectivity index (χ0n) is 51.7. The maximum absolute atomic E-state index is 5.07. The fourth-order valence-electron chi connectivity index (χ4n) is 14.4. The molecular weight excluding hydrogens is 1210 g/mol. The van der Waals surface area contributed by atoms with Gasteiger partial charge in [0.15, 0.2) is 11.6 Å². The summed E-state index contributed by atoms with van der Waals surface area (Å²) in [4.78, 5) is 20.3. The Kier molecular flexibility index (Phi) is 13.2. The van der Waals surface area contributed by atoms with Crippen LogP contribution in [0.2, 0.25) is 0 Å². The molecule has 0 bridgehead atoms. The topological polar surface area (TPSA) is 61.4 Å². The second-order valence-electron chi connectivity index (χ2n) is 24.4. The third-order valence-electron chi connectivity index (χ3n) is 18.8. The van der Waals surface area contributed by atoms with Crippen molar-refractivity contribution in [2.24, 2.45) is 0 Å². The van der Waals surface area contributed by atoms with Crippen molar-refractivity contribution in [1.82, 2.24) is 29.1 Å². The Labute approximate surface area is 560 Å². The maximum Gasteiger partial charge on any atom is 0.160 e. The first-order valence-electron chi connectivity index (χ1n) is 32.3. The van der Waals surface area contributed by atoms with Crippen LogP contribution in [-0.2, 0) is 0 Å². The first-order chi connectivity index (χ1) is 47.6. The first-order valence-corrected chi connectivity index (χ1v) is 34.0. The molecular formula is C88H54N6S2. The van der Waals surface area contributed by atoms with Crippen LogP contribution in [0.25, 0.3) is 185 Å². The van der Waals surface area contributed by atoms with E-state index < -0.39 is 0 Å². The largest absolute Gasteiger partial charge is 0.309 e. The molecule has 0 saturated heterocycles. The van der Waals surface area contributed by atoms with Crippen LogP contribution in [0.1, 0.15) is 0 Å². The van der Waals surface area contributed by atoms with Crippen LogP contribution in [0.5, 0.6) is 0 Å². The molecule has 0 unspecified atom stereocenters. The van der Waals surface area contributed by atoms with Gasteiger partial charge in [-0.1, -0.05) is 243 Å². The van der Waals surface area contributed by atoms with Gasteiger partial charge in [-0.15, -0.1) is 22.7 Å². The van der Waals surface area contributed by atoms with Crippen LogP contribution in [0.15, 0.2) is 328 Å². The Hall–Kier alpha value is -12.2. The molecule has 0 aliphatic carbocycles. The number of nitrogens with zero attached hydrogens (tertiary/aromatic N) is 6. The van der Waals surface area contributed by atoms with E-state index in [0.29, 0.717) is 11.6 Å². The number of thiophene rings is 2. The predicted molar refractivity (Wildman–Crippen MR) is 406 cm³/mol. The second-order valence-corrected chi connectivity index (χ2v) is 26.5. The Morgan fingerprint density at radius 2 is 0.646 bits per heavy atom. The van der Waals surface area contributed by atoms with Gasteiger partial charge in [-0.25, -0.2) is 19.9 Å². The van der Waals surface area contributed by atoms with Crippen molar-refractivity contribution in [3.05, 3.63) is 328 Å². The highest BCUT2D eigenvalue weighted by molar-refractivity contribution is 7.27. The normalized spacial score (nSPS) is 11.8. The molecule has 0 aliphatic rings. The van der Waals surface area contributed by atoms with Gasteiger partial charge in [-0.05, 0) is 101 Å². The van der Waals surface area contributed by atoms with Crippen molar-refractivity contribution in [1.29, 1.82) is 0 Å². The molecule has 6 nitrogen and oxygen atoms in total. The predicted octanol–water partition coefficient (Wildman–Crippen LogP) is 24.2. The molecule has 0 spiro atoms. The summed E-state index contributed by atoms with van der Waals surface area (Å²) < 4.78 is 10.2. The van der Waals surface area contributed by atoms with E-state index in [1.165, 1.54) is 106 Å². The molecule has 96 heavy (non-hydrogen) atoms. The van der Waals surface area contributed by atoms with Crippen molar-refractivity contribution in [3.8, 4) is 79.2 Å². The number of fused-ring (bicyclic) bond motifs is 19. The highest BCUT2D eigenvalue weighted by Gasteiger charge is 2.24. The van der Waals surface area contributed by atoms with E-state index in [9.17, 15) is 0 Å². The molecule has 20 rings (SSSR count). The number of hydrogen-bond acceptors (Lipinski definition) is 6. The molecule has 0 saturated carbocycles. The number of aromatic nitrogens is 6. The summed E-state index contributed by atoms with van der Waals surface area (Å²) in [7, 11) is 0. The lowest BCUT2D eigenvalue weighted by Crippen LogP contribution is -1.97. The monoisotopic (exact) mass is 1260 g/mol. The van der Waals surface area contributed by atoms with E-state index in [4.69, 9.17) is 19.9 Å². The van der Waals surface area contributed by atoms with Crippen molar-refractivity contribution >= 4 is 128 Å². The van der Waals surface area contributed by atoms with Crippen LogP contribution in [0.3, 0.4) is 0 Å². The molecule has 6 aromatic heterocycles. The van der Waals surface area contributed by atoms with E-state index in [1.807, 2.05) is 46.9 Å². The lowest BCUT2D eigenvalue weighted by molar-refractivity contribution is 1.17. The molecule has 8 heteroatoms. The summed E-state index contributed by atoms with van der Waals surface area (Å²) in [5, 5.41) is 15.5. The van der Waals surface area contributed by atoms with Crippen LogP contribution < -0.4 is 0 Å². The standard InChI is InChI=1S/2C44H27N3S/c1-3-13-28(14-4-1)36-27-37(29-15-5-2-6-16-29)46-44(45-36)30-23-25-31(26-24-30)47-38-21-11-9-19-34(38)41-42(47)33-18-8-7-17-32(33)40-35-20-10-12-22-39(35)48-43(40)41;1-3-12-29(13-4-1)37-27-38(30-14-5-2-6-15-30)46-44(45-37)31-19-22-32(23-20-31)47-39-26-21-28-11-7-8-16-33(28)41(39)36-25-24-35-34-17-9-10-18-40(34)48-43(35)42(36)47/h2*1-27H. The van der Waals surface area contributed by atoms with E-state index in [-0.39, 0.29) is 0 Å². The van der Waals surface area contributed by atoms with Crippen LogP contribution in [-0.4, -0.2) is 29.1 Å². The second kappa shape index (κ2) is 22.8. The molecule has 0 fully saturated rings. The summed E-state index contributed by atoms with van der Waals surface area (Å²) in [5.74, 6) is 1.42. The third kappa shape index (κ3) is 9.21. The number of para-hydroxylation sites is 1. The number of benzene rings is 14. The molecule has 0 atom stereocenters. The summed E-state index contributed by atoms with van der Waals surface area (Å²) in [5.41, 5.74) is 17.0. The summed E-state index contributed by atoms with van der Waals surface area (Å²) in [6.07, 6.45) is 0. The molecule has 14 aromatic carbocycles. The molecule has 6 heterocycles. The van der Waals surface area contributed by atoms with Gasteiger partial charge in [-0.2, -0.15) is 0 Å². The van der Waals surface area contributed by atoms with Gasteiger partial charge in [0.25, 0.3) is 0 Å². The van der Waals surface area contributed by atoms with Crippen LogP contribution >= 0.6 is 22.7 Å². The highest BCUT2D eigenvalue weighted by atomic mass is 32.1. The SMILES string of the molecule is c1ccc(-c2cc(-c3ccccc3)nc(-c3ccc(-n4c5ccc6ccccc6c5c5ccc6c7ccccc7sc6c54)cc3)n2)cc1.c1ccc(-c2cc(-c3ccccc3)nc(-c3ccc(-n4c5ccccc5c5c6sc7ccccc7c6c6ccccc6c54)cc3)n2)cc1. The average molecular weight is 1260 g/mol. The molecule has 448 valence electrons. The Morgan fingerprint density at radius 1 is 0.229 bits per heavy atom. The first kappa shape index (κ1) is 55.4. The Bertz CT molecular complexity index is 6300. The van der Waals surface area contributed by atoms with E-state index >= 15 is 0 Å². The van der Waals surface area contributed by atoms with Gasteiger partial charge in [0.05, 0.1) is 49.5 Å². The zero-order chi connectivity index (χ0) is 63.2. The fraction of sp³-hybridized carbons (Fsp3) is 0. The van der Waals surface area contributed by atoms with E-state index in [1.54, 1.807) is 0 Å². The lowest BCUT2D eigenvalue weighted by atomic mass is 10.00. The highest BCUT2D eigenvalue weighted by Crippen LogP contribution is 2.49. The number of rotatable bonds is 8. The minimum Gasteiger partial charge on any atom is -0.309 e. The average Bonchev–Trinajstić information content (AvgIpc) is 1.57. The van der Waals surface area contributed by atoms with Crippen LogP contribution in [0.4, 0.5) is 0 Å². The van der Waals surface area contributed by atoms with Crippen molar-refractivity contribution in [3.63, 3.8) is 0 Å². The molecule has 0 amide bonds. The van der Waals surface area contributed by atoms with Crippen molar-refractivity contribution in [2.45, 2.75) is 0 Å². The zero-order valence-corrected chi connectivity index (χ0v) is 53.3. The van der Waals surface area contributed by atoms with Gasteiger partial charge < -0.3 is 9.13 Å². The lowest BCUT2D eigenvalue weighted by Gasteiger charge is -2.12. The van der Waals surface area contributed by atoms with E-state index in [2.05, 4.69) is 312 Å². The molecule has 0 aliphatic heterocycles. The van der Waals surface area contributed by atoms with E-state index in [0.717, 1.165) is 67.5 Å². The summed E-state index contributed by atoms with van der Waals surface area (Å²) >= 11 is 3.78. The molecule has 20 aromatic rings. The maximum atomic E-state index is 5.07. The Morgan fingerprint density at radius 3 is 1.20 bits per heavy atom. The minimum atomic E-state index is 0.710.